The SMILES string of the molecule is COc1ccc(CC(C)NCCN(C)C2CCCC2)cc1. The van der Waals surface area contributed by atoms with Crippen LogP contribution < -0.4 is 10.1 Å². The van der Waals surface area contributed by atoms with Gasteiger partial charge < -0.3 is 15.0 Å². The van der Waals surface area contributed by atoms with Gasteiger partial charge in [-0.25, -0.2) is 0 Å². The summed E-state index contributed by atoms with van der Waals surface area (Å²) in [6, 6.07) is 9.72. The highest BCUT2D eigenvalue weighted by Gasteiger charge is 2.18. The fourth-order valence-electron chi connectivity index (χ4n) is 3.20. The van der Waals surface area contributed by atoms with Crippen molar-refractivity contribution < 1.29 is 4.74 Å². The molecule has 0 spiro atoms. The number of hydrogen-bond donors (Lipinski definition) is 1. The maximum absolute atomic E-state index is 5.19. The molecule has 0 amide bonds. The summed E-state index contributed by atoms with van der Waals surface area (Å²) in [7, 11) is 3.98. The minimum atomic E-state index is 0.510. The molecule has 3 heteroatoms. The van der Waals surface area contributed by atoms with Crippen LogP contribution in [0.1, 0.15) is 38.2 Å². The summed E-state index contributed by atoms with van der Waals surface area (Å²) in [4.78, 5) is 2.53. The minimum Gasteiger partial charge on any atom is -0.497 e. The molecule has 0 saturated heterocycles. The van der Waals surface area contributed by atoms with E-state index in [2.05, 4.69) is 36.3 Å². The van der Waals surface area contributed by atoms with Crippen LogP contribution in [0.2, 0.25) is 0 Å². The first-order valence-electron chi connectivity index (χ1n) is 8.25. The normalized spacial score (nSPS) is 17.3. The van der Waals surface area contributed by atoms with Gasteiger partial charge in [-0.3, -0.25) is 0 Å². The molecule has 1 aromatic carbocycles. The lowest BCUT2D eigenvalue weighted by Crippen LogP contribution is -2.38. The van der Waals surface area contributed by atoms with Crippen molar-refractivity contribution in [3.05, 3.63) is 29.8 Å². The maximum Gasteiger partial charge on any atom is 0.118 e. The Bertz CT molecular complexity index is 398. The molecule has 2 rings (SSSR count). The van der Waals surface area contributed by atoms with E-state index in [9.17, 15) is 0 Å². The molecule has 118 valence electrons. The van der Waals surface area contributed by atoms with Gasteiger partial charge in [0, 0.05) is 25.2 Å². The first-order valence-corrected chi connectivity index (χ1v) is 8.25. The number of methoxy groups -OCH3 is 1. The quantitative estimate of drug-likeness (QED) is 0.796. The highest BCUT2D eigenvalue weighted by Crippen LogP contribution is 2.21. The minimum absolute atomic E-state index is 0.510. The lowest BCUT2D eigenvalue weighted by molar-refractivity contribution is 0.242. The van der Waals surface area contributed by atoms with Crippen molar-refractivity contribution >= 4 is 0 Å². The third kappa shape index (κ3) is 5.33. The van der Waals surface area contributed by atoms with E-state index in [4.69, 9.17) is 4.74 Å². The van der Waals surface area contributed by atoms with Gasteiger partial charge in [-0.2, -0.15) is 0 Å². The molecule has 0 radical (unpaired) electrons. The Morgan fingerprint density at radius 1 is 1.24 bits per heavy atom. The van der Waals surface area contributed by atoms with Gasteiger partial charge in [-0.1, -0.05) is 25.0 Å². The van der Waals surface area contributed by atoms with Gasteiger partial charge in [-0.15, -0.1) is 0 Å². The summed E-state index contributed by atoms with van der Waals surface area (Å²) in [5.74, 6) is 0.928. The molecule has 21 heavy (non-hydrogen) atoms. The number of likely N-dealkylation sites (N-methyl/N-ethyl adjacent to an activating group) is 1. The van der Waals surface area contributed by atoms with Crippen LogP contribution in [-0.4, -0.2) is 44.2 Å². The average Bonchev–Trinajstić information content (AvgIpc) is 3.02. The van der Waals surface area contributed by atoms with Crippen LogP contribution in [0.4, 0.5) is 0 Å². The third-order valence-electron chi connectivity index (χ3n) is 4.61. The molecule has 1 atom stereocenters. The van der Waals surface area contributed by atoms with E-state index in [0.29, 0.717) is 6.04 Å². The maximum atomic E-state index is 5.19. The van der Waals surface area contributed by atoms with Gasteiger partial charge in [0.15, 0.2) is 0 Å². The van der Waals surface area contributed by atoms with Crippen molar-refractivity contribution in [3.8, 4) is 5.75 Å². The Labute approximate surface area is 129 Å². The number of rotatable bonds is 8. The number of benzene rings is 1. The second kappa shape index (κ2) is 8.40. The van der Waals surface area contributed by atoms with E-state index in [1.165, 1.54) is 31.2 Å². The van der Waals surface area contributed by atoms with Crippen LogP contribution in [0.15, 0.2) is 24.3 Å². The lowest BCUT2D eigenvalue weighted by atomic mass is 10.1. The smallest absolute Gasteiger partial charge is 0.118 e. The number of nitrogens with one attached hydrogen (secondary N) is 1. The van der Waals surface area contributed by atoms with Crippen molar-refractivity contribution in [3.63, 3.8) is 0 Å². The van der Waals surface area contributed by atoms with Gasteiger partial charge in [0.2, 0.25) is 0 Å². The molecule has 1 saturated carbocycles. The van der Waals surface area contributed by atoms with Crippen LogP contribution in [0.25, 0.3) is 0 Å². The Balaban J connectivity index is 1.65. The molecule has 1 unspecified atom stereocenters. The van der Waals surface area contributed by atoms with E-state index in [1.807, 2.05) is 12.1 Å². The fraction of sp³-hybridized carbons (Fsp3) is 0.667. The van der Waals surface area contributed by atoms with Gasteiger partial charge in [0.05, 0.1) is 7.11 Å². The number of hydrogen-bond acceptors (Lipinski definition) is 3. The molecule has 1 fully saturated rings. The fourth-order valence-corrected chi connectivity index (χ4v) is 3.20. The monoisotopic (exact) mass is 290 g/mol. The predicted octanol–water partition coefficient (Wildman–Crippen LogP) is 3.09. The first kappa shape index (κ1) is 16.3. The second-order valence-electron chi connectivity index (χ2n) is 6.33. The zero-order valence-electron chi connectivity index (χ0n) is 13.8. The number of nitrogens with zero attached hydrogens (tertiary/aromatic N) is 1. The van der Waals surface area contributed by atoms with Crippen LogP contribution in [0.3, 0.4) is 0 Å². The first-order chi connectivity index (χ1) is 10.2. The average molecular weight is 290 g/mol. The van der Waals surface area contributed by atoms with E-state index < -0.39 is 0 Å². The summed E-state index contributed by atoms with van der Waals surface area (Å²) >= 11 is 0. The van der Waals surface area contributed by atoms with E-state index in [-0.39, 0.29) is 0 Å². The van der Waals surface area contributed by atoms with Gasteiger partial charge in [0.1, 0.15) is 5.75 Å². The molecule has 3 nitrogen and oxygen atoms in total. The summed E-state index contributed by atoms with van der Waals surface area (Å²) in [5.41, 5.74) is 1.36. The molecule has 0 aliphatic heterocycles. The summed E-state index contributed by atoms with van der Waals surface area (Å²) in [5, 5.41) is 3.64. The number of ether oxygens (including phenoxy) is 1. The van der Waals surface area contributed by atoms with Crippen molar-refractivity contribution in [1.82, 2.24) is 10.2 Å². The van der Waals surface area contributed by atoms with E-state index in [1.54, 1.807) is 7.11 Å². The molecule has 0 heterocycles. The predicted molar refractivity (Wildman–Crippen MR) is 89.0 cm³/mol. The molecular weight excluding hydrogens is 260 g/mol. The lowest BCUT2D eigenvalue weighted by Gasteiger charge is -2.25. The largest absolute Gasteiger partial charge is 0.497 e. The van der Waals surface area contributed by atoms with E-state index in [0.717, 1.165) is 31.3 Å². The van der Waals surface area contributed by atoms with Crippen molar-refractivity contribution in [2.45, 2.75) is 51.1 Å². The second-order valence-corrected chi connectivity index (χ2v) is 6.33. The Hall–Kier alpha value is -1.06. The van der Waals surface area contributed by atoms with Crippen molar-refractivity contribution in [2.24, 2.45) is 0 Å². The summed E-state index contributed by atoms with van der Waals surface area (Å²) < 4.78 is 5.19. The van der Waals surface area contributed by atoms with Crippen LogP contribution in [0.5, 0.6) is 5.75 Å². The van der Waals surface area contributed by atoms with Crippen molar-refractivity contribution in [2.75, 3.05) is 27.2 Å². The topological polar surface area (TPSA) is 24.5 Å². The van der Waals surface area contributed by atoms with Gasteiger partial charge in [0.25, 0.3) is 0 Å². The Morgan fingerprint density at radius 2 is 1.90 bits per heavy atom. The third-order valence-corrected chi connectivity index (χ3v) is 4.61. The highest BCUT2D eigenvalue weighted by molar-refractivity contribution is 5.27. The van der Waals surface area contributed by atoms with Crippen molar-refractivity contribution in [1.29, 1.82) is 0 Å². The van der Waals surface area contributed by atoms with Crippen LogP contribution in [0, 0.1) is 0 Å². The van der Waals surface area contributed by atoms with Crippen LogP contribution in [-0.2, 0) is 6.42 Å². The van der Waals surface area contributed by atoms with Gasteiger partial charge >= 0.3 is 0 Å². The zero-order valence-corrected chi connectivity index (χ0v) is 13.8. The molecule has 1 N–H and O–H groups in total. The Morgan fingerprint density at radius 3 is 2.52 bits per heavy atom. The molecular formula is C18H30N2O. The molecule has 1 aromatic rings. The van der Waals surface area contributed by atoms with Crippen LogP contribution >= 0.6 is 0 Å². The molecule has 0 bridgehead atoms. The standard InChI is InChI=1S/C18H30N2O/c1-15(14-16-8-10-18(21-3)11-9-16)19-12-13-20(2)17-6-4-5-7-17/h8-11,15,17,19H,4-7,12-14H2,1-3H3. The molecule has 1 aliphatic carbocycles. The zero-order chi connectivity index (χ0) is 15.1. The highest BCUT2D eigenvalue weighted by atomic mass is 16.5. The van der Waals surface area contributed by atoms with Gasteiger partial charge in [-0.05, 0) is 50.9 Å². The molecule has 0 aromatic heterocycles. The Kier molecular flexibility index (Phi) is 6.52. The molecule has 1 aliphatic rings. The summed E-state index contributed by atoms with van der Waals surface area (Å²) in [6.45, 7) is 4.49. The summed E-state index contributed by atoms with van der Waals surface area (Å²) in [6.07, 6.45) is 6.67. The van der Waals surface area contributed by atoms with E-state index >= 15 is 0 Å².